The summed E-state index contributed by atoms with van der Waals surface area (Å²) in [6.45, 7) is 0.443. The van der Waals surface area contributed by atoms with E-state index in [1.54, 1.807) is 16.8 Å². The molecule has 0 radical (unpaired) electrons. The van der Waals surface area contributed by atoms with Crippen LogP contribution in [0.2, 0.25) is 0 Å². The van der Waals surface area contributed by atoms with Crippen molar-refractivity contribution in [3.63, 3.8) is 0 Å². The number of hydrogen-bond acceptors (Lipinski definition) is 3. The zero-order valence-corrected chi connectivity index (χ0v) is 12.7. The largest absolute Gasteiger partial charge is 0.390 e. The summed E-state index contributed by atoms with van der Waals surface area (Å²) in [5.74, 6) is -0.316. The summed E-state index contributed by atoms with van der Waals surface area (Å²) >= 11 is 0. The van der Waals surface area contributed by atoms with E-state index in [0.29, 0.717) is 23.5 Å². The highest BCUT2D eigenvalue weighted by Gasteiger charge is 2.14. The third kappa shape index (κ3) is 3.63. The fourth-order valence-corrected chi connectivity index (χ4v) is 2.64. The summed E-state index contributed by atoms with van der Waals surface area (Å²) in [5, 5.41) is 17.6. The first-order chi connectivity index (χ1) is 11.3. The van der Waals surface area contributed by atoms with Crippen molar-refractivity contribution in [2.75, 3.05) is 0 Å². The number of hydrogen-bond donors (Lipinski definition) is 1. The van der Waals surface area contributed by atoms with Crippen molar-refractivity contribution in [1.29, 1.82) is 0 Å². The van der Waals surface area contributed by atoms with Gasteiger partial charge in [0.15, 0.2) is 0 Å². The molecule has 0 aliphatic carbocycles. The fraction of sp³-hybridized carbons (Fsp3) is 0.222. The van der Waals surface area contributed by atoms with Gasteiger partial charge in [-0.1, -0.05) is 47.7 Å². The Morgan fingerprint density at radius 1 is 1.04 bits per heavy atom. The van der Waals surface area contributed by atoms with E-state index in [1.807, 2.05) is 18.2 Å². The lowest BCUT2D eigenvalue weighted by Crippen LogP contribution is -2.05. The monoisotopic (exact) mass is 311 g/mol. The second-order valence-corrected chi connectivity index (χ2v) is 5.37. The molecule has 0 aliphatic heterocycles. The molecular weight excluding hydrogens is 293 g/mol. The van der Waals surface area contributed by atoms with Crippen molar-refractivity contribution in [2.24, 2.45) is 0 Å². The predicted molar refractivity (Wildman–Crippen MR) is 86.1 cm³/mol. The van der Waals surface area contributed by atoms with Gasteiger partial charge >= 0.3 is 0 Å². The highest BCUT2D eigenvalue weighted by Crippen LogP contribution is 2.23. The zero-order valence-electron chi connectivity index (χ0n) is 12.7. The molecule has 118 valence electrons. The first-order valence-electron chi connectivity index (χ1n) is 7.61. The molecule has 1 aromatic heterocycles. The Morgan fingerprint density at radius 2 is 1.87 bits per heavy atom. The Bertz CT molecular complexity index is 771. The Balaban J connectivity index is 1.79. The number of aliphatic hydroxyl groups excluding tert-OH is 1. The molecule has 2 aromatic carbocycles. The molecule has 4 nitrogen and oxygen atoms in total. The van der Waals surface area contributed by atoms with Crippen molar-refractivity contribution >= 4 is 0 Å². The lowest BCUT2D eigenvalue weighted by molar-refractivity contribution is 0.277. The van der Waals surface area contributed by atoms with Crippen molar-refractivity contribution in [1.82, 2.24) is 15.0 Å². The number of benzene rings is 2. The van der Waals surface area contributed by atoms with Gasteiger partial charge < -0.3 is 5.11 Å². The second kappa shape index (κ2) is 7.15. The van der Waals surface area contributed by atoms with Gasteiger partial charge in [-0.15, -0.1) is 5.10 Å². The van der Waals surface area contributed by atoms with Gasteiger partial charge in [0, 0.05) is 12.1 Å². The standard InChI is InChI=1S/C18H18FN3O/c19-16-10-4-9-15(12-16)18-17(13-23)20-21-22(18)11-5-8-14-6-2-1-3-7-14/h1-4,6-7,9-10,12,23H,5,8,11,13H2. The van der Waals surface area contributed by atoms with Crippen molar-refractivity contribution in [2.45, 2.75) is 26.0 Å². The molecule has 3 rings (SSSR count). The summed E-state index contributed by atoms with van der Waals surface area (Å²) in [5.41, 5.74) is 3.09. The van der Waals surface area contributed by atoms with Crippen LogP contribution in [-0.2, 0) is 19.6 Å². The molecule has 0 saturated carbocycles. The predicted octanol–water partition coefficient (Wildman–Crippen LogP) is 3.21. The molecule has 3 aromatic rings. The van der Waals surface area contributed by atoms with Gasteiger partial charge in [0.25, 0.3) is 0 Å². The van der Waals surface area contributed by atoms with E-state index in [-0.39, 0.29) is 12.4 Å². The first-order valence-corrected chi connectivity index (χ1v) is 7.61. The Hall–Kier alpha value is -2.53. The average Bonchev–Trinajstić information content (AvgIpc) is 2.99. The molecule has 0 amide bonds. The minimum atomic E-state index is -0.316. The third-order valence-electron chi connectivity index (χ3n) is 3.73. The van der Waals surface area contributed by atoms with Crippen LogP contribution in [0.3, 0.4) is 0 Å². The van der Waals surface area contributed by atoms with Crippen LogP contribution in [0.4, 0.5) is 4.39 Å². The Kier molecular flexibility index (Phi) is 4.78. The lowest BCUT2D eigenvalue weighted by atomic mass is 10.1. The Labute approximate surface area is 134 Å². The van der Waals surface area contributed by atoms with E-state index >= 15 is 0 Å². The molecule has 0 fully saturated rings. The lowest BCUT2D eigenvalue weighted by Gasteiger charge is -2.08. The van der Waals surface area contributed by atoms with Gasteiger partial charge in [0.1, 0.15) is 11.5 Å². The topological polar surface area (TPSA) is 50.9 Å². The second-order valence-electron chi connectivity index (χ2n) is 5.37. The number of aromatic nitrogens is 3. The van der Waals surface area contributed by atoms with Crippen molar-refractivity contribution < 1.29 is 9.50 Å². The maximum absolute atomic E-state index is 13.5. The summed E-state index contributed by atoms with van der Waals surface area (Å²) in [7, 11) is 0. The maximum Gasteiger partial charge on any atom is 0.123 e. The van der Waals surface area contributed by atoms with Crippen LogP contribution in [0.5, 0.6) is 0 Å². The molecule has 0 saturated heterocycles. The molecule has 0 aliphatic rings. The SMILES string of the molecule is OCc1nnn(CCCc2ccccc2)c1-c1cccc(F)c1. The summed E-state index contributed by atoms with van der Waals surface area (Å²) < 4.78 is 15.2. The molecule has 0 spiro atoms. The van der Waals surface area contributed by atoms with Gasteiger partial charge in [0.2, 0.25) is 0 Å². The molecular formula is C18H18FN3O. The van der Waals surface area contributed by atoms with E-state index < -0.39 is 0 Å². The molecule has 1 N–H and O–H groups in total. The van der Waals surface area contributed by atoms with Crippen LogP contribution in [-0.4, -0.2) is 20.1 Å². The highest BCUT2D eigenvalue weighted by molar-refractivity contribution is 5.61. The molecule has 0 atom stereocenters. The third-order valence-corrected chi connectivity index (χ3v) is 3.73. The van der Waals surface area contributed by atoms with Crippen LogP contribution < -0.4 is 0 Å². The van der Waals surface area contributed by atoms with Gasteiger partial charge in [-0.2, -0.15) is 0 Å². The van der Waals surface area contributed by atoms with Crippen molar-refractivity contribution in [3.8, 4) is 11.3 Å². The van der Waals surface area contributed by atoms with Gasteiger partial charge in [-0.3, -0.25) is 0 Å². The molecule has 5 heteroatoms. The maximum atomic E-state index is 13.5. The smallest absolute Gasteiger partial charge is 0.123 e. The van der Waals surface area contributed by atoms with E-state index in [9.17, 15) is 9.50 Å². The number of aliphatic hydroxyl groups is 1. The fourth-order valence-electron chi connectivity index (χ4n) is 2.64. The number of rotatable bonds is 6. The first kappa shape index (κ1) is 15.4. The average molecular weight is 311 g/mol. The van der Waals surface area contributed by atoms with Crippen LogP contribution >= 0.6 is 0 Å². The molecule has 23 heavy (non-hydrogen) atoms. The summed E-state index contributed by atoms with van der Waals surface area (Å²) in [6, 6.07) is 16.5. The summed E-state index contributed by atoms with van der Waals surface area (Å²) in [4.78, 5) is 0. The van der Waals surface area contributed by atoms with E-state index in [4.69, 9.17) is 0 Å². The minimum absolute atomic E-state index is 0.218. The van der Waals surface area contributed by atoms with Crippen LogP contribution in [0, 0.1) is 5.82 Å². The van der Waals surface area contributed by atoms with Gasteiger partial charge in [-0.25, -0.2) is 9.07 Å². The zero-order chi connectivity index (χ0) is 16.1. The quantitative estimate of drug-likeness (QED) is 0.760. The van der Waals surface area contributed by atoms with E-state index in [2.05, 4.69) is 22.4 Å². The molecule has 0 unspecified atom stereocenters. The van der Waals surface area contributed by atoms with E-state index in [1.165, 1.54) is 17.7 Å². The number of nitrogens with zero attached hydrogens (tertiary/aromatic N) is 3. The Morgan fingerprint density at radius 3 is 2.61 bits per heavy atom. The van der Waals surface area contributed by atoms with E-state index in [0.717, 1.165) is 12.8 Å². The molecule has 0 bridgehead atoms. The van der Waals surface area contributed by atoms with Gasteiger partial charge in [0.05, 0.1) is 12.3 Å². The van der Waals surface area contributed by atoms with Crippen LogP contribution in [0.25, 0.3) is 11.3 Å². The minimum Gasteiger partial charge on any atom is -0.390 e. The molecule has 1 heterocycles. The highest BCUT2D eigenvalue weighted by atomic mass is 19.1. The number of aryl methyl sites for hydroxylation is 2. The normalized spacial score (nSPS) is 10.9. The summed E-state index contributed by atoms with van der Waals surface area (Å²) in [6.07, 6.45) is 1.82. The number of halogens is 1. The van der Waals surface area contributed by atoms with Crippen molar-refractivity contribution in [3.05, 3.63) is 71.7 Å². The van der Waals surface area contributed by atoms with Crippen LogP contribution in [0.1, 0.15) is 17.7 Å². The van der Waals surface area contributed by atoms with Crippen LogP contribution in [0.15, 0.2) is 54.6 Å². The van der Waals surface area contributed by atoms with Gasteiger partial charge in [-0.05, 0) is 30.5 Å².